The summed E-state index contributed by atoms with van der Waals surface area (Å²) in [6, 6.07) is 0. The lowest BCUT2D eigenvalue weighted by molar-refractivity contribution is -0.143. The van der Waals surface area contributed by atoms with Crippen LogP contribution < -0.4 is 10.9 Å². The average molecular weight is 372 g/mol. The normalized spacial score (nSPS) is 11.7. The van der Waals surface area contributed by atoms with E-state index in [-0.39, 0.29) is 4.47 Å². The predicted molar refractivity (Wildman–Crippen MR) is 76.5 cm³/mol. The van der Waals surface area contributed by atoms with Gasteiger partial charge in [0.25, 0.3) is 5.56 Å². The van der Waals surface area contributed by atoms with Crippen LogP contribution in [0.5, 0.6) is 0 Å². The molecule has 1 aromatic rings. The van der Waals surface area contributed by atoms with E-state index in [0.717, 1.165) is 12.8 Å². The molecular formula is C12H17BrF3N3O2. The van der Waals surface area contributed by atoms with Crippen LogP contribution in [0.4, 0.5) is 18.9 Å². The molecule has 0 unspecified atom stereocenters. The first-order valence-electron chi connectivity index (χ1n) is 6.49. The zero-order valence-electron chi connectivity index (χ0n) is 11.5. The van der Waals surface area contributed by atoms with Gasteiger partial charge < -0.3 is 10.1 Å². The van der Waals surface area contributed by atoms with Gasteiger partial charge in [0, 0.05) is 13.2 Å². The fraction of sp³-hybridized carbons (Fsp3) is 0.667. The van der Waals surface area contributed by atoms with Crippen molar-refractivity contribution in [2.24, 2.45) is 0 Å². The highest BCUT2D eigenvalue weighted by Gasteiger charge is 2.29. The topological polar surface area (TPSA) is 56.1 Å². The molecule has 0 atom stereocenters. The van der Waals surface area contributed by atoms with Gasteiger partial charge in [0.05, 0.1) is 18.5 Å². The molecule has 0 spiro atoms. The van der Waals surface area contributed by atoms with Crippen molar-refractivity contribution in [3.05, 3.63) is 21.0 Å². The first-order valence-corrected chi connectivity index (χ1v) is 7.28. The van der Waals surface area contributed by atoms with Gasteiger partial charge in [-0.3, -0.25) is 4.79 Å². The number of hydrogen-bond acceptors (Lipinski definition) is 4. The van der Waals surface area contributed by atoms with E-state index in [4.69, 9.17) is 4.74 Å². The fourth-order valence-electron chi connectivity index (χ4n) is 1.48. The SMILES string of the molecule is CCCCOCCNc1cnn(CC(F)(F)F)c(=O)c1Br. The highest BCUT2D eigenvalue weighted by Crippen LogP contribution is 2.19. The number of hydrogen-bond donors (Lipinski definition) is 1. The largest absolute Gasteiger partial charge is 0.408 e. The van der Waals surface area contributed by atoms with Crippen LogP contribution in [0.1, 0.15) is 19.8 Å². The molecule has 120 valence electrons. The molecule has 21 heavy (non-hydrogen) atoms. The van der Waals surface area contributed by atoms with E-state index in [0.29, 0.717) is 30.1 Å². The van der Waals surface area contributed by atoms with Crippen molar-refractivity contribution in [2.75, 3.05) is 25.1 Å². The Kier molecular flexibility index (Phi) is 7.16. The molecule has 0 radical (unpaired) electrons. The smallest absolute Gasteiger partial charge is 0.380 e. The van der Waals surface area contributed by atoms with Crippen molar-refractivity contribution in [2.45, 2.75) is 32.5 Å². The minimum absolute atomic E-state index is 0.0234. The molecule has 0 aromatic carbocycles. The Morgan fingerprint density at radius 2 is 2.14 bits per heavy atom. The molecule has 0 bridgehead atoms. The van der Waals surface area contributed by atoms with Gasteiger partial charge in [-0.1, -0.05) is 13.3 Å². The van der Waals surface area contributed by atoms with Crippen LogP contribution in [0.3, 0.4) is 0 Å². The van der Waals surface area contributed by atoms with Crippen LogP contribution in [-0.4, -0.2) is 35.7 Å². The van der Waals surface area contributed by atoms with Crippen molar-refractivity contribution >= 4 is 21.6 Å². The zero-order valence-corrected chi connectivity index (χ0v) is 13.1. The first kappa shape index (κ1) is 18.0. The quantitative estimate of drug-likeness (QED) is 0.713. The number of rotatable bonds is 8. The van der Waals surface area contributed by atoms with Gasteiger partial charge in [0.1, 0.15) is 11.0 Å². The number of nitrogens with one attached hydrogen (secondary N) is 1. The highest BCUT2D eigenvalue weighted by molar-refractivity contribution is 9.10. The number of alkyl halides is 3. The molecule has 0 aliphatic carbocycles. The van der Waals surface area contributed by atoms with Crippen molar-refractivity contribution in [3.63, 3.8) is 0 Å². The van der Waals surface area contributed by atoms with Crippen molar-refractivity contribution in [1.82, 2.24) is 9.78 Å². The Labute approximate surface area is 128 Å². The second-order valence-corrected chi connectivity index (χ2v) is 5.14. The average Bonchev–Trinajstić information content (AvgIpc) is 2.40. The minimum atomic E-state index is -4.49. The summed E-state index contributed by atoms with van der Waals surface area (Å²) in [7, 11) is 0. The summed E-state index contributed by atoms with van der Waals surface area (Å²) in [5.74, 6) is 0. The Morgan fingerprint density at radius 3 is 2.76 bits per heavy atom. The molecule has 1 rings (SSSR count). The van der Waals surface area contributed by atoms with E-state index < -0.39 is 18.3 Å². The lowest BCUT2D eigenvalue weighted by Gasteiger charge is -2.12. The van der Waals surface area contributed by atoms with E-state index in [1.165, 1.54) is 6.20 Å². The minimum Gasteiger partial charge on any atom is -0.380 e. The number of anilines is 1. The molecular weight excluding hydrogens is 355 g/mol. The van der Waals surface area contributed by atoms with Gasteiger partial charge >= 0.3 is 6.18 Å². The summed E-state index contributed by atoms with van der Waals surface area (Å²) in [6.07, 6.45) is -1.29. The third-order valence-corrected chi connectivity index (χ3v) is 3.28. The third kappa shape index (κ3) is 6.47. The first-order chi connectivity index (χ1) is 9.85. The molecule has 0 aliphatic heterocycles. The standard InChI is InChI=1S/C12H17BrF3N3O2/c1-2-3-5-21-6-4-17-9-7-18-19(8-12(14,15)16)11(20)10(9)13/h7,17H,2-6,8H2,1H3. The van der Waals surface area contributed by atoms with Crippen LogP contribution in [-0.2, 0) is 11.3 Å². The molecule has 0 fully saturated rings. The van der Waals surface area contributed by atoms with Gasteiger partial charge in [-0.25, -0.2) is 4.68 Å². The van der Waals surface area contributed by atoms with Crippen LogP contribution in [0.2, 0.25) is 0 Å². The lowest BCUT2D eigenvalue weighted by Crippen LogP contribution is -2.31. The molecule has 1 N–H and O–H groups in total. The van der Waals surface area contributed by atoms with Gasteiger partial charge in [0.15, 0.2) is 0 Å². The Bertz CT molecular complexity index is 506. The predicted octanol–water partition coefficient (Wildman–Crippen LogP) is 2.80. The van der Waals surface area contributed by atoms with Crippen molar-refractivity contribution < 1.29 is 17.9 Å². The number of halogens is 4. The Morgan fingerprint density at radius 1 is 1.43 bits per heavy atom. The van der Waals surface area contributed by atoms with Crippen LogP contribution in [0, 0.1) is 0 Å². The molecule has 1 heterocycles. The van der Waals surface area contributed by atoms with Gasteiger partial charge in [-0.05, 0) is 22.4 Å². The van der Waals surface area contributed by atoms with Gasteiger partial charge in [-0.2, -0.15) is 18.3 Å². The molecule has 0 amide bonds. The van der Waals surface area contributed by atoms with Crippen molar-refractivity contribution in [1.29, 1.82) is 0 Å². The summed E-state index contributed by atoms with van der Waals surface area (Å²) < 4.78 is 42.5. The number of unbranched alkanes of at least 4 members (excludes halogenated alkanes) is 1. The van der Waals surface area contributed by atoms with Crippen LogP contribution in [0.15, 0.2) is 15.5 Å². The third-order valence-electron chi connectivity index (χ3n) is 2.52. The van der Waals surface area contributed by atoms with Crippen LogP contribution >= 0.6 is 15.9 Å². The summed E-state index contributed by atoms with van der Waals surface area (Å²) in [5, 5.41) is 6.40. The van der Waals surface area contributed by atoms with Gasteiger partial charge in [0.2, 0.25) is 0 Å². The second-order valence-electron chi connectivity index (χ2n) is 4.34. The summed E-state index contributed by atoms with van der Waals surface area (Å²) in [5.41, 5.74) is -0.484. The Hall–Kier alpha value is -1.09. The molecule has 1 aromatic heterocycles. The van der Waals surface area contributed by atoms with E-state index >= 15 is 0 Å². The summed E-state index contributed by atoms with van der Waals surface area (Å²) >= 11 is 2.99. The van der Waals surface area contributed by atoms with E-state index in [2.05, 4.69) is 33.3 Å². The fourth-order valence-corrected chi connectivity index (χ4v) is 1.92. The zero-order chi connectivity index (χ0) is 15.9. The maximum absolute atomic E-state index is 12.3. The highest BCUT2D eigenvalue weighted by atomic mass is 79.9. The molecule has 0 saturated carbocycles. The second kappa shape index (κ2) is 8.38. The maximum atomic E-state index is 12.3. The van der Waals surface area contributed by atoms with Crippen LogP contribution in [0.25, 0.3) is 0 Å². The molecule has 0 aliphatic rings. The number of nitrogens with zero attached hydrogens (tertiary/aromatic N) is 2. The Balaban J connectivity index is 2.57. The van der Waals surface area contributed by atoms with Crippen molar-refractivity contribution in [3.8, 4) is 0 Å². The summed E-state index contributed by atoms with van der Waals surface area (Å²) in [4.78, 5) is 11.7. The number of ether oxygens (including phenoxy) is 1. The van der Waals surface area contributed by atoms with E-state index in [9.17, 15) is 18.0 Å². The van der Waals surface area contributed by atoms with E-state index in [1.54, 1.807) is 0 Å². The maximum Gasteiger partial charge on any atom is 0.408 e. The lowest BCUT2D eigenvalue weighted by atomic mass is 10.4. The monoisotopic (exact) mass is 371 g/mol. The van der Waals surface area contributed by atoms with E-state index in [1.807, 2.05) is 0 Å². The molecule has 0 saturated heterocycles. The number of aromatic nitrogens is 2. The van der Waals surface area contributed by atoms with Gasteiger partial charge in [-0.15, -0.1) is 0 Å². The molecule has 5 nitrogen and oxygen atoms in total. The summed E-state index contributed by atoms with van der Waals surface area (Å²) in [6.45, 7) is 2.18. The molecule has 9 heteroatoms.